The summed E-state index contributed by atoms with van der Waals surface area (Å²) in [4.78, 5) is 28.0. The van der Waals surface area contributed by atoms with Crippen LogP contribution in [0.4, 0.5) is 0 Å². The van der Waals surface area contributed by atoms with Gasteiger partial charge in [0, 0.05) is 28.4 Å². The van der Waals surface area contributed by atoms with Crippen molar-refractivity contribution in [2.45, 2.75) is 58.0 Å². The molecule has 0 heterocycles. The molecule has 5 nitrogen and oxygen atoms in total. The number of nitrogens with zero attached hydrogens (tertiary/aromatic N) is 1. The molecule has 0 bridgehead atoms. The minimum atomic E-state index is -0.548. The van der Waals surface area contributed by atoms with Crippen LogP contribution in [0.3, 0.4) is 0 Å². The van der Waals surface area contributed by atoms with Crippen LogP contribution in [0.5, 0.6) is 5.75 Å². The van der Waals surface area contributed by atoms with Gasteiger partial charge in [0.05, 0.1) is 12.9 Å². The van der Waals surface area contributed by atoms with Crippen LogP contribution in [-0.2, 0) is 21.9 Å². The second kappa shape index (κ2) is 13.7. The van der Waals surface area contributed by atoms with Crippen LogP contribution < -0.4 is 10.1 Å². The van der Waals surface area contributed by atoms with Crippen molar-refractivity contribution in [3.05, 3.63) is 63.6 Å². The Hall–Kier alpha value is -1.89. The van der Waals surface area contributed by atoms with Gasteiger partial charge in [0.25, 0.3) is 0 Å². The highest BCUT2D eigenvalue weighted by atomic mass is 35.5. The van der Waals surface area contributed by atoms with Crippen LogP contribution in [0.15, 0.2) is 42.5 Å². The normalized spacial score (nSPS) is 12.7. The van der Waals surface area contributed by atoms with Crippen LogP contribution in [-0.4, -0.2) is 41.7 Å². The number of methoxy groups -OCH3 is 1. The Labute approximate surface area is 211 Å². The van der Waals surface area contributed by atoms with Gasteiger partial charge in [0.2, 0.25) is 11.8 Å². The molecule has 180 valence electrons. The van der Waals surface area contributed by atoms with Crippen molar-refractivity contribution in [3.63, 3.8) is 0 Å². The van der Waals surface area contributed by atoms with Crippen molar-refractivity contribution >= 4 is 46.8 Å². The molecule has 8 heteroatoms. The standard InChI is InChI=1S/C25H32Cl2N2O3S/c1-5-17(3)28-25(31)23(6-2)29(14-18-7-11-21(32-4)12-8-18)24(30)16-33-15-19-9-10-20(26)13-22(19)27/h7-13,17,23H,5-6,14-16H2,1-4H3,(H,28,31)/t17-,23-/m0/s1. The summed E-state index contributed by atoms with van der Waals surface area (Å²) < 4.78 is 5.23. The number of thioether (sulfide) groups is 1. The highest BCUT2D eigenvalue weighted by Gasteiger charge is 2.29. The number of benzene rings is 2. The van der Waals surface area contributed by atoms with Crippen LogP contribution in [0.2, 0.25) is 10.0 Å². The SMILES string of the molecule is CC[C@H](C)NC(=O)[C@H](CC)N(Cc1ccc(OC)cc1)C(=O)CSCc1ccc(Cl)cc1Cl. The summed E-state index contributed by atoms with van der Waals surface area (Å²) in [6.45, 7) is 6.25. The lowest BCUT2D eigenvalue weighted by atomic mass is 10.1. The van der Waals surface area contributed by atoms with Crippen molar-refractivity contribution in [2.75, 3.05) is 12.9 Å². The zero-order chi connectivity index (χ0) is 24.4. The van der Waals surface area contributed by atoms with E-state index in [1.165, 1.54) is 11.8 Å². The number of ether oxygens (including phenoxy) is 1. The molecule has 0 saturated heterocycles. The first-order valence-electron chi connectivity index (χ1n) is 11.0. The average Bonchev–Trinajstić information content (AvgIpc) is 2.80. The van der Waals surface area contributed by atoms with E-state index in [2.05, 4.69) is 5.32 Å². The van der Waals surface area contributed by atoms with Crippen molar-refractivity contribution < 1.29 is 14.3 Å². The topological polar surface area (TPSA) is 58.6 Å². The lowest BCUT2D eigenvalue weighted by Crippen LogP contribution is -2.51. The molecule has 0 saturated carbocycles. The fraction of sp³-hybridized carbons (Fsp3) is 0.440. The predicted molar refractivity (Wildman–Crippen MR) is 138 cm³/mol. The molecule has 0 spiro atoms. The Kier molecular flexibility index (Phi) is 11.4. The minimum Gasteiger partial charge on any atom is -0.497 e. The number of carbonyl (C=O) groups is 2. The number of hydrogen-bond acceptors (Lipinski definition) is 4. The highest BCUT2D eigenvalue weighted by Crippen LogP contribution is 2.25. The Bertz CT molecular complexity index is 924. The van der Waals surface area contributed by atoms with Crippen molar-refractivity contribution in [1.82, 2.24) is 10.2 Å². The maximum Gasteiger partial charge on any atom is 0.243 e. The average molecular weight is 512 g/mol. The van der Waals surface area contributed by atoms with E-state index in [1.807, 2.05) is 51.1 Å². The molecule has 0 aromatic heterocycles. The number of rotatable bonds is 12. The third kappa shape index (κ3) is 8.43. The first-order chi connectivity index (χ1) is 15.8. The fourth-order valence-electron chi connectivity index (χ4n) is 3.26. The van der Waals surface area contributed by atoms with Gasteiger partial charge in [0.1, 0.15) is 11.8 Å². The smallest absolute Gasteiger partial charge is 0.243 e. The molecule has 2 rings (SSSR count). The maximum absolute atomic E-state index is 13.3. The predicted octanol–water partition coefficient (Wildman–Crippen LogP) is 5.96. The fourth-order valence-corrected chi connectivity index (χ4v) is 4.73. The lowest BCUT2D eigenvalue weighted by molar-refractivity contribution is -0.139. The second-order valence-electron chi connectivity index (χ2n) is 7.84. The van der Waals surface area contributed by atoms with Crippen molar-refractivity contribution in [1.29, 1.82) is 0 Å². The van der Waals surface area contributed by atoms with E-state index in [0.29, 0.717) is 28.8 Å². The second-order valence-corrected chi connectivity index (χ2v) is 9.67. The molecular formula is C25H32Cl2N2O3S. The quantitative estimate of drug-likeness (QED) is 0.382. The molecule has 0 unspecified atom stereocenters. The van der Waals surface area contributed by atoms with E-state index in [1.54, 1.807) is 24.1 Å². The van der Waals surface area contributed by atoms with Gasteiger partial charge in [0.15, 0.2) is 0 Å². The Morgan fingerprint density at radius 1 is 1.09 bits per heavy atom. The van der Waals surface area contributed by atoms with Crippen LogP contribution in [0.1, 0.15) is 44.7 Å². The van der Waals surface area contributed by atoms with E-state index in [9.17, 15) is 9.59 Å². The molecule has 0 aliphatic rings. The molecule has 2 atom stereocenters. The summed E-state index contributed by atoms with van der Waals surface area (Å²) in [5, 5.41) is 4.18. The van der Waals surface area contributed by atoms with Gasteiger partial charge in [-0.3, -0.25) is 9.59 Å². The highest BCUT2D eigenvalue weighted by molar-refractivity contribution is 7.99. The molecule has 1 N–H and O–H groups in total. The summed E-state index contributed by atoms with van der Waals surface area (Å²) in [5.74, 6) is 1.34. The first kappa shape index (κ1) is 27.4. The zero-order valence-electron chi connectivity index (χ0n) is 19.6. The van der Waals surface area contributed by atoms with Crippen molar-refractivity contribution in [2.24, 2.45) is 0 Å². The maximum atomic E-state index is 13.3. The number of nitrogens with one attached hydrogen (secondary N) is 1. The number of carbonyl (C=O) groups excluding carboxylic acids is 2. The van der Waals surface area contributed by atoms with Gasteiger partial charge in [-0.05, 0) is 55.2 Å². The third-order valence-electron chi connectivity index (χ3n) is 5.40. The van der Waals surface area contributed by atoms with E-state index < -0.39 is 6.04 Å². The molecule has 0 fully saturated rings. The summed E-state index contributed by atoms with van der Waals surface area (Å²) in [6.07, 6.45) is 1.35. The van der Waals surface area contributed by atoms with Crippen LogP contribution in [0.25, 0.3) is 0 Å². The summed E-state index contributed by atoms with van der Waals surface area (Å²) in [6, 6.07) is 12.4. The van der Waals surface area contributed by atoms with Crippen LogP contribution >= 0.6 is 35.0 Å². The lowest BCUT2D eigenvalue weighted by Gasteiger charge is -2.31. The molecule has 33 heavy (non-hydrogen) atoms. The molecule has 0 aliphatic heterocycles. The summed E-state index contributed by atoms with van der Waals surface area (Å²) >= 11 is 13.7. The molecule has 2 aromatic rings. The molecule has 0 aliphatic carbocycles. The van der Waals surface area contributed by atoms with E-state index in [0.717, 1.165) is 23.3 Å². The monoisotopic (exact) mass is 510 g/mol. The third-order valence-corrected chi connectivity index (χ3v) is 6.95. The van der Waals surface area contributed by atoms with Crippen molar-refractivity contribution in [3.8, 4) is 5.75 Å². The largest absolute Gasteiger partial charge is 0.497 e. The van der Waals surface area contributed by atoms with Gasteiger partial charge in [-0.15, -0.1) is 11.8 Å². The Balaban J connectivity index is 2.16. The molecule has 0 radical (unpaired) electrons. The van der Waals surface area contributed by atoms with Gasteiger partial charge >= 0.3 is 0 Å². The Morgan fingerprint density at radius 3 is 2.36 bits per heavy atom. The minimum absolute atomic E-state index is 0.0471. The van der Waals surface area contributed by atoms with Gasteiger partial charge in [-0.2, -0.15) is 0 Å². The Morgan fingerprint density at radius 2 is 1.79 bits per heavy atom. The van der Waals surface area contributed by atoms with E-state index >= 15 is 0 Å². The molecule has 2 aromatic carbocycles. The van der Waals surface area contributed by atoms with Gasteiger partial charge in [-0.25, -0.2) is 0 Å². The summed E-state index contributed by atoms with van der Waals surface area (Å²) in [5.41, 5.74) is 1.85. The number of halogens is 2. The molecule has 2 amide bonds. The number of hydrogen-bond donors (Lipinski definition) is 1. The van der Waals surface area contributed by atoms with Gasteiger partial charge < -0.3 is 15.0 Å². The first-order valence-corrected chi connectivity index (χ1v) is 12.9. The number of amides is 2. The van der Waals surface area contributed by atoms with E-state index in [4.69, 9.17) is 27.9 Å². The molecular weight excluding hydrogens is 479 g/mol. The summed E-state index contributed by atoms with van der Waals surface area (Å²) in [7, 11) is 1.61. The van der Waals surface area contributed by atoms with Crippen LogP contribution in [0, 0.1) is 0 Å². The van der Waals surface area contributed by atoms with E-state index in [-0.39, 0.29) is 23.6 Å². The van der Waals surface area contributed by atoms with Gasteiger partial charge in [-0.1, -0.05) is 55.2 Å². The zero-order valence-corrected chi connectivity index (χ0v) is 21.9.